The van der Waals surface area contributed by atoms with E-state index in [1.807, 2.05) is 18.5 Å². The number of imidazole rings is 1. The molecule has 1 aliphatic heterocycles. The van der Waals surface area contributed by atoms with E-state index in [9.17, 15) is 9.59 Å². The van der Waals surface area contributed by atoms with Crippen LogP contribution in [0.2, 0.25) is 0 Å². The van der Waals surface area contributed by atoms with Gasteiger partial charge in [0.25, 0.3) is 0 Å². The first-order valence-corrected chi connectivity index (χ1v) is 7.95. The van der Waals surface area contributed by atoms with E-state index in [-0.39, 0.29) is 23.6 Å². The molecule has 3 heterocycles. The fraction of sp³-hybridized carbons (Fsp3) is 0.533. The number of piperidine rings is 1. The second kappa shape index (κ2) is 5.15. The minimum atomic E-state index is -1.10. The summed E-state index contributed by atoms with van der Waals surface area (Å²) in [6.45, 7) is 4.63. The van der Waals surface area contributed by atoms with Crippen molar-refractivity contribution in [1.29, 1.82) is 0 Å². The molecule has 2 fully saturated rings. The topological polar surface area (TPSA) is 106 Å². The summed E-state index contributed by atoms with van der Waals surface area (Å²) in [6, 6.07) is -0.0877. The molecular formula is C15H18N6O3. The average molecular weight is 330 g/mol. The van der Waals surface area contributed by atoms with Crippen LogP contribution in [0.25, 0.3) is 0 Å². The molecule has 9 nitrogen and oxygen atoms in total. The summed E-state index contributed by atoms with van der Waals surface area (Å²) in [6.07, 6.45) is 4.70. The van der Waals surface area contributed by atoms with Gasteiger partial charge < -0.3 is 5.11 Å². The predicted octanol–water partition coefficient (Wildman–Crippen LogP) is 0.399. The summed E-state index contributed by atoms with van der Waals surface area (Å²) in [5.74, 6) is -0.201. The van der Waals surface area contributed by atoms with E-state index in [4.69, 9.17) is 5.11 Å². The van der Waals surface area contributed by atoms with Crippen LogP contribution < -0.4 is 5.01 Å². The van der Waals surface area contributed by atoms with Crippen LogP contribution in [0.5, 0.6) is 0 Å². The third-order valence-electron chi connectivity index (χ3n) is 4.92. The van der Waals surface area contributed by atoms with Crippen molar-refractivity contribution in [3.63, 3.8) is 0 Å². The quantitative estimate of drug-likeness (QED) is 0.850. The summed E-state index contributed by atoms with van der Waals surface area (Å²) in [5, 5.41) is 18.2. The highest BCUT2D eigenvalue weighted by atomic mass is 16.4. The molecule has 9 heteroatoms. The number of aromatic carboxylic acids is 1. The van der Waals surface area contributed by atoms with Gasteiger partial charge in [0, 0.05) is 18.9 Å². The van der Waals surface area contributed by atoms with Gasteiger partial charge in [-0.05, 0) is 26.2 Å². The molecule has 0 bridgehead atoms. The Morgan fingerprint density at radius 3 is 2.92 bits per heavy atom. The maximum Gasteiger partial charge on any atom is 0.358 e. The molecule has 0 spiro atoms. The van der Waals surface area contributed by atoms with Gasteiger partial charge in [-0.25, -0.2) is 24.1 Å². The molecule has 0 aromatic carbocycles. The number of hydrogen-bond donors (Lipinski definition) is 1. The first-order chi connectivity index (χ1) is 11.5. The molecule has 1 saturated heterocycles. The first-order valence-electron chi connectivity index (χ1n) is 7.95. The van der Waals surface area contributed by atoms with Crippen molar-refractivity contribution in [2.45, 2.75) is 32.7 Å². The van der Waals surface area contributed by atoms with E-state index >= 15 is 0 Å². The number of fused-ring (bicyclic) bond motifs is 1. The Bertz CT molecular complexity index is 825. The molecule has 1 unspecified atom stereocenters. The lowest BCUT2D eigenvalue weighted by Crippen LogP contribution is -2.38. The van der Waals surface area contributed by atoms with Crippen molar-refractivity contribution in [3.8, 4) is 0 Å². The molecular weight excluding hydrogens is 312 g/mol. The molecule has 0 radical (unpaired) electrons. The second-order valence-corrected chi connectivity index (χ2v) is 6.59. The van der Waals surface area contributed by atoms with Crippen molar-refractivity contribution in [2.75, 3.05) is 11.6 Å². The van der Waals surface area contributed by atoms with E-state index in [1.165, 1.54) is 10.9 Å². The largest absolute Gasteiger partial charge is 0.476 e. The molecule has 1 amide bonds. The Hall–Kier alpha value is -2.71. The standard InChI is InChI=1S/C15H18N6O3/c1-8(19-6-13(15(23)24)17-18-19)3-12-9(2)21(7-16-12)20-5-10-4-11(10)14(20)22/h6-8,10-11H,3-5H2,1-2H3,(H,23,24)/t8?,10-,11-/m1/s1. The molecule has 1 saturated carbocycles. The molecule has 24 heavy (non-hydrogen) atoms. The van der Waals surface area contributed by atoms with Crippen LogP contribution in [0, 0.1) is 18.8 Å². The van der Waals surface area contributed by atoms with Crippen molar-refractivity contribution < 1.29 is 14.7 Å². The Morgan fingerprint density at radius 2 is 2.29 bits per heavy atom. The Balaban J connectivity index is 1.50. The second-order valence-electron chi connectivity index (χ2n) is 6.59. The van der Waals surface area contributed by atoms with Gasteiger partial charge in [0.1, 0.15) is 6.33 Å². The minimum absolute atomic E-state index is 0.0778. The number of aromatic nitrogens is 5. The normalized spacial score (nSPS) is 23.4. The van der Waals surface area contributed by atoms with Gasteiger partial charge in [-0.1, -0.05) is 5.21 Å². The van der Waals surface area contributed by atoms with Gasteiger partial charge in [0.15, 0.2) is 5.69 Å². The highest BCUT2D eigenvalue weighted by Gasteiger charge is 2.53. The predicted molar refractivity (Wildman–Crippen MR) is 82.0 cm³/mol. The van der Waals surface area contributed by atoms with Gasteiger partial charge in [-0.15, -0.1) is 5.10 Å². The lowest BCUT2D eigenvalue weighted by atomic mass is 10.1. The summed E-state index contributed by atoms with van der Waals surface area (Å²) in [4.78, 5) is 27.5. The number of rotatable bonds is 5. The number of amides is 1. The van der Waals surface area contributed by atoms with Crippen LogP contribution in [0.1, 0.15) is 41.3 Å². The molecule has 3 atom stereocenters. The van der Waals surface area contributed by atoms with Crippen molar-refractivity contribution in [3.05, 3.63) is 29.6 Å². The number of hydrogen-bond acceptors (Lipinski definition) is 5. The van der Waals surface area contributed by atoms with Gasteiger partial charge in [-0.3, -0.25) is 4.79 Å². The summed E-state index contributed by atoms with van der Waals surface area (Å²) in [7, 11) is 0. The Kier molecular flexibility index (Phi) is 3.19. The third-order valence-corrected chi connectivity index (χ3v) is 4.92. The van der Waals surface area contributed by atoms with Gasteiger partial charge in [0.05, 0.1) is 23.6 Å². The van der Waals surface area contributed by atoms with Gasteiger partial charge in [0.2, 0.25) is 5.91 Å². The highest BCUT2D eigenvalue weighted by molar-refractivity contribution is 5.93. The molecule has 1 N–H and O–H groups in total. The van der Waals surface area contributed by atoms with E-state index in [1.54, 1.807) is 11.3 Å². The Labute approximate surface area is 137 Å². The van der Waals surface area contributed by atoms with Gasteiger partial charge in [-0.2, -0.15) is 0 Å². The summed E-state index contributed by atoms with van der Waals surface area (Å²) < 4.78 is 3.36. The van der Waals surface area contributed by atoms with Crippen LogP contribution in [0.4, 0.5) is 0 Å². The average Bonchev–Trinajstić information content (AvgIpc) is 2.87. The van der Waals surface area contributed by atoms with E-state index in [2.05, 4.69) is 15.3 Å². The first kappa shape index (κ1) is 14.9. The molecule has 4 rings (SSSR count). The van der Waals surface area contributed by atoms with Crippen molar-refractivity contribution in [1.82, 2.24) is 24.7 Å². The van der Waals surface area contributed by atoms with E-state index < -0.39 is 5.97 Å². The molecule has 2 aromatic rings. The SMILES string of the molecule is Cc1c(CC(C)n2cc(C(=O)O)nn2)ncn1N1C[C@H]2C[C@H]2C1=O. The lowest BCUT2D eigenvalue weighted by Gasteiger charge is -2.21. The Morgan fingerprint density at radius 1 is 1.50 bits per heavy atom. The number of carboxylic acids is 1. The number of nitrogens with zero attached hydrogens (tertiary/aromatic N) is 6. The monoisotopic (exact) mass is 330 g/mol. The number of carboxylic acid groups (broad SMARTS) is 1. The zero-order valence-electron chi connectivity index (χ0n) is 13.5. The molecule has 126 valence electrons. The number of carbonyl (C=O) groups is 2. The maximum absolute atomic E-state index is 12.2. The number of carbonyl (C=O) groups excluding carboxylic acids is 1. The molecule has 2 aromatic heterocycles. The smallest absolute Gasteiger partial charge is 0.358 e. The van der Waals surface area contributed by atoms with Crippen LogP contribution in [0.3, 0.4) is 0 Å². The third kappa shape index (κ3) is 2.27. The van der Waals surface area contributed by atoms with Crippen LogP contribution in [0.15, 0.2) is 12.5 Å². The van der Waals surface area contributed by atoms with E-state index in [0.29, 0.717) is 12.3 Å². The van der Waals surface area contributed by atoms with Crippen LogP contribution >= 0.6 is 0 Å². The summed E-state index contributed by atoms with van der Waals surface area (Å²) >= 11 is 0. The lowest BCUT2D eigenvalue weighted by molar-refractivity contribution is -0.120. The molecule has 2 aliphatic rings. The zero-order chi connectivity index (χ0) is 17.0. The minimum Gasteiger partial charge on any atom is -0.476 e. The molecule has 1 aliphatic carbocycles. The highest BCUT2D eigenvalue weighted by Crippen LogP contribution is 2.45. The van der Waals surface area contributed by atoms with Crippen molar-refractivity contribution >= 4 is 11.9 Å². The van der Waals surface area contributed by atoms with E-state index in [0.717, 1.165) is 24.4 Å². The summed E-state index contributed by atoms with van der Waals surface area (Å²) in [5.41, 5.74) is 1.71. The fourth-order valence-electron chi connectivity index (χ4n) is 3.29. The van der Waals surface area contributed by atoms with Crippen LogP contribution in [-0.4, -0.2) is 48.2 Å². The van der Waals surface area contributed by atoms with Crippen LogP contribution in [-0.2, 0) is 11.2 Å². The zero-order valence-corrected chi connectivity index (χ0v) is 13.5. The fourth-order valence-corrected chi connectivity index (χ4v) is 3.29. The maximum atomic E-state index is 12.2. The van der Waals surface area contributed by atoms with Crippen molar-refractivity contribution in [2.24, 2.45) is 11.8 Å². The van der Waals surface area contributed by atoms with Gasteiger partial charge >= 0.3 is 5.97 Å².